The Kier molecular flexibility index (Phi) is 17.7. The molecule has 6 aromatic rings. The van der Waals surface area contributed by atoms with E-state index in [-0.39, 0.29) is 0 Å². The average Bonchev–Trinajstić information content (AvgIpc) is 3.69. The summed E-state index contributed by atoms with van der Waals surface area (Å²) in [4.78, 5) is 0. The molecule has 0 spiro atoms. The number of benzene rings is 4. The van der Waals surface area contributed by atoms with Gasteiger partial charge in [-0.25, -0.2) is 0 Å². The second-order valence-corrected chi connectivity index (χ2v) is 17.1. The van der Waals surface area contributed by atoms with Crippen molar-refractivity contribution < 1.29 is 20.8 Å². The predicted octanol–water partition coefficient (Wildman–Crippen LogP) is 14.3. The molecule has 0 amide bonds. The van der Waals surface area contributed by atoms with E-state index in [1.54, 1.807) is 0 Å². The summed E-state index contributed by atoms with van der Waals surface area (Å²) in [5, 5.41) is 5.61. The molecule has 0 unspecified atom stereocenters. The van der Waals surface area contributed by atoms with Gasteiger partial charge in [0.25, 0.3) is 0 Å². The van der Waals surface area contributed by atoms with Crippen LogP contribution in [0.3, 0.4) is 0 Å². The topological polar surface area (TPSA) is 0 Å². The Morgan fingerprint density at radius 2 is 0.938 bits per heavy atom. The van der Waals surface area contributed by atoms with Crippen molar-refractivity contribution in [1.29, 1.82) is 0 Å². The van der Waals surface area contributed by atoms with Gasteiger partial charge in [0.1, 0.15) is 0 Å². The van der Waals surface area contributed by atoms with E-state index in [9.17, 15) is 0 Å². The number of aryl methyl sites for hydroxylation is 6. The summed E-state index contributed by atoms with van der Waals surface area (Å²) in [5.41, 5.74) is 14.2. The first kappa shape index (κ1) is 40.2. The zero-order valence-electron chi connectivity index (χ0n) is 30.2. The molecule has 6 rings (SSSR count). The molecule has 0 atom stereocenters. The van der Waals surface area contributed by atoms with Crippen LogP contribution in [0.4, 0.5) is 0 Å². The van der Waals surface area contributed by atoms with Crippen LogP contribution in [-0.4, -0.2) is 9.52 Å². The van der Waals surface area contributed by atoms with Crippen molar-refractivity contribution in [3.05, 3.63) is 130 Å². The van der Waals surface area contributed by atoms with Crippen LogP contribution in [0.2, 0.25) is 13.1 Å². The van der Waals surface area contributed by atoms with Crippen LogP contribution >= 0.6 is 17.0 Å². The number of hydrogen-bond acceptors (Lipinski definition) is 0. The maximum absolute atomic E-state index is 4.93. The quantitative estimate of drug-likeness (QED) is 0.107. The third-order valence-electron chi connectivity index (χ3n) is 8.74. The van der Waals surface area contributed by atoms with Gasteiger partial charge < -0.3 is 0 Å². The molecular formula is C44H52Cl2SiZr. The first-order valence-corrected chi connectivity index (χ1v) is 25.7. The Morgan fingerprint density at radius 3 is 1.25 bits per heavy atom. The zero-order chi connectivity index (χ0) is 35.1. The van der Waals surface area contributed by atoms with Crippen LogP contribution in [0.1, 0.15) is 73.9 Å². The van der Waals surface area contributed by atoms with Crippen molar-refractivity contribution in [3.63, 3.8) is 0 Å². The van der Waals surface area contributed by atoms with E-state index in [1.807, 2.05) is 0 Å². The first-order chi connectivity index (χ1) is 23.3. The zero-order valence-corrected chi connectivity index (χ0v) is 35.2. The molecule has 0 aliphatic heterocycles. The Hall–Kier alpha value is -2.22. The van der Waals surface area contributed by atoms with Crippen molar-refractivity contribution in [2.24, 2.45) is 0 Å². The number of rotatable bonds is 8. The van der Waals surface area contributed by atoms with Gasteiger partial charge in [0.15, 0.2) is 0 Å². The van der Waals surface area contributed by atoms with Crippen LogP contribution in [0.25, 0.3) is 43.8 Å². The fourth-order valence-electron chi connectivity index (χ4n) is 6.58. The molecule has 0 bridgehead atoms. The summed E-state index contributed by atoms with van der Waals surface area (Å²) < 4.78 is 0. The van der Waals surface area contributed by atoms with Gasteiger partial charge in [-0.3, -0.25) is 0 Å². The van der Waals surface area contributed by atoms with E-state index in [0.29, 0.717) is 0 Å². The van der Waals surface area contributed by atoms with E-state index in [1.165, 1.54) is 103 Å². The van der Waals surface area contributed by atoms with E-state index in [0.717, 1.165) is 22.4 Å². The Balaban J connectivity index is 0.000000224. The molecule has 4 heteroatoms. The molecule has 48 heavy (non-hydrogen) atoms. The minimum absolute atomic E-state index is 0.826. The molecule has 2 radical (unpaired) electrons. The molecule has 0 fully saturated rings. The van der Waals surface area contributed by atoms with Crippen molar-refractivity contribution in [1.82, 2.24) is 0 Å². The van der Waals surface area contributed by atoms with E-state index >= 15 is 0 Å². The van der Waals surface area contributed by atoms with Gasteiger partial charge in [0.05, 0.1) is 0 Å². The van der Waals surface area contributed by atoms with Gasteiger partial charge in [-0.15, -0.1) is 69.1 Å². The summed E-state index contributed by atoms with van der Waals surface area (Å²) in [6, 6.07) is 36.2. The van der Waals surface area contributed by atoms with Crippen molar-refractivity contribution in [2.45, 2.75) is 93.2 Å². The van der Waals surface area contributed by atoms with Gasteiger partial charge in [-0.05, 0) is 61.8 Å². The van der Waals surface area contributed by atoms with Crippen LogP contribution in [-0.2, 0) is 46.5 Å². The van der Waals surface area contributed by atoms with Crippen LogP contribution < -0.4 is 0 Å². The molecule has 0 saturated heterocycles. The summed E-state index contributed by atoms with van der Waals surface area (Å²) in [5.74, 6) is 0. The summed E-state index contributed by atoms with van der Waals surface area (Å²) in [7, 11) is 11.0. The van der Waals surface area contributed by atoms with Crippen molar-refractivity contribution in [2.75, 3.05) is 0 Å². The SMILES string of the molecule is CCCc1cc2c(-c3ccccc3C)c(CC)ccc2[cH-]1.CCCc1cc2c(-c3ccccc3C)c(CC)ccc2[cH-]1.C[Si]C.[Cl][Zr+2][Cl]. The van der Waals surface area contributed by atoms with Crippen molar-refractivity contribution >= 4 is 48.1 Å². The van der Waals surface area contributed by atoms with Gasteiger partial charge in [-0.2, -0.15) is 12.1 Å². The maximum atomic E-state index is 4.93. The van der Waals surface area contributed by atoms with Crippen molar-refractivity contribution in [3.8, 4) is 22.3 Å². The molecule has 0 N–H and O–H groups in total. The monoisotopic (exact) mass is 768 g/mol. The number of halogens is 2. The summed E-state index contributed by atoms with van der Waals surface area (Å²) in [6.07, 6.45) is 6.90. The molecule has 0 nitrogen and oxygen atoms in total. The Bertz CT molecular complexity index is 1710. The predicted molar refractivity (Wildman–Crippen MR) is 215 cm³/mol. The van der Waals surface area contributed by atoms with Crippen LogP contribution in [0.5, 0.6) is 0 Å². The molecule has 0 aliphatic rings. The van der Waals surface area contributed by atoms with E-state index < -0.39 is 20.8 Å². The Morgan fingerprint density at radius 1 is 0.583 bits per heavy atom. The molecule has 0 saturated carbocycles. The fourth-order valence-corrected chi connectivity index (χ4v) is 6.58. The van der Waals surface area contributed by atoms with E-state index in [4.69, 9.17) is 17.0 Å². The van der Waals surface area contributed by atoms with Gasteiger partial charge in [0, 0.05) is 9.52 Å². The fraction of sp³-hybridized carbons (Fsp3) is 0.318. The number of fused-ring (bicyclic) bond motifs is 2. The van der Waals surface area contributed by atoms with E-state index in [2.05, 4.69) is 152 Å². The summed E-state index contributed by atoms with van der Waals surface area (Å²) >= 11 is -0.826. The normalized spacial score (nSPS) is 10.4. The standard InChI is InChI=1S/2C21H23.C2H6Si.2ClH.Zr/c2*1-4-8-16-13-18-12-11-17(5-2)21(20(18)14-16)19-10-7-6-9-15(19)3;1-3-2;;;/h2*6-7,9-14H,4-5,8H2,1-3H3;1-2H3;2*1H;/q2*-1;;;;+4/p-2. The molecular weight excluding hydrogens is 719 g/mol. The van der Waals surface area contributed by atoms with Gasteiger partial charge in [0.2, 0.25) is 0 Å². The second-order valence-electron chi connectivity index (χ2n) is 12.3. The Labute approximate surface area is 312 Å². The average molecular weight is 771 g/mol. The van der Waals surface area contributed by atoms with Crippen LogP contribution in [0, 0.1) is 13.8 Å². The molecule has 0 aromatic heterocycles. The first-order valence-electron chi connectivity index (χ1n) is 17.4. The second kappa shape index (κ2) is 21.1. The molecule has 250 valence electrons. The van der Waals surface area contributed by atoms with Gasteiger partial charge in [-0.1, -0.05) is 124 Å². The molecule has 6 aromatic carbocycles. The summed E-state index contributed by atoms with van der Waals surface area (Å²) in [6.45, 7) is 17.7. The molecule has 0 aliphatic carbocycles. The minimum atomic E-state index is -0.826. The number of hydrogen-bond donors (Lipinski definition) is 0. The molecule has 0 heterocycles. The van der Waals surface area contributed by atoms with Crippen LogP contribution in [0.15, 0.2) is 97.1 Å². The third kappa shape index (κ3) is 10.4. The third-order valence-corrected chi connectivity index (χ3v) is 8.74. The van der Waals surface area contributed by atoms with Gasteiger partial charge >= 0.3 is 37.9 Å².